The highest BCUT2D eigenvalue weighted by Crippen LogP contribution is 2.23. The Labute approximate surface area is 169 Å². The summed E-state index contributed by atoms with van der Waals surface area (Å²) in [5.41, 5.74) is 1.15. The van der Waals surface area contributed by atoms with Crippen molar-refractivity contribution in [3.8, 4) is 5.75 Å². The third-order valence-corrected chi connectivity index (χ3v) is 7.10. The van der Waals surface area contributed by atoms with Gasteiger partial charge in [-0.2, -0.15) is 0 Å². The van der Waals surface area contributed by atoms with Crippen molar-refractivity contribution in [3.05, 3.63) is 59.7 Å². The van der Waals surface area contributed by atoms with Crippen molar-refractivity contribution >= 4 is 19.8 Å². The summed E-state index contributed by atoms with van der Waals surface area (Å²) in [6, 6.07) is 14.7. The average molecular weight is 403 g/mol. The minimum atomic E-state index is -3.07. The molecule has 0 saturated carbocycles. The molecular formula is C22H30O5Si. The molecule has 0 aliphatic carbocycles. The van der Waals surface area contributed by atoms with Crippen LogP contribution in [0.1, 0.15) is 50.0 Å². The number of rotatable bonds is 12. The SMILES string of the molecule is CCCOc1cc([Si](OCC)(OCC)OCC)ccc1C(=O)c1ccccc1. The quantitative estimate of drug-likeness (QED) is 0.397. The number of ketones is 1. The first-order valence-electron chi connectivity index (χ1n) is 9.90. The molecule has 0 radical (unpaired) electrons. The van der Waals surface area contributed by atoms with E-state index in [0.29, 0.717) is 43.3 Å². The predicted molar refractivity (Wildman–Crippen MR) is 112 cm³/mol. The highest BCUT2D eigenvalue weighted by atomic mass is 28.4. The van der Waals surface area contributed by atoms with Crippen molar-refractivity contribution in [1.29, 1.82) is 0 Å². The molecule has 2 rings (SSSR count). The number of carbonyl (C=O) groups is 1. The van der Waals surface area contributed by atoms with Crippen LogP contribution in [-0.2, 0) is 13.3 Å². The van der Waals surface area contributed by atoms with Gasteiger partial charge in [0.25, 0.3) is 0 Å². The first-order chi connectivity index (χ1) is 13.6. The van der Waals surface area contributed by atoms with Gasteiger partial charge in [0.15, 0.2) is 5.78 Å². The van der Waals surface area contributed by atoms with E-state index in [9.17, 15) is 4.79 Å². The summed E-state index contributed by atoms with van der Waals surface area (Å²) in [4.78, 5) is 13.0. The van der Waals surface area contributed by atoms with Crippen molar-refractivity contribution in [1.82, 2.24) is 0 Å². The van der Waals surface area contributed by atoms with Gasteiger partial charge in [0.1, 0.15) is 5.75 Å². The van der Waals surface area contributed by atoms with Crippen LogP contribution in [0.15, 0.2) is 48.5 Å². The molecule has 0 aliphatic heterocycles. The van der Waals surface area contributed by atoms with Gasteiger partial charge in [-0.05, 0) is 39.3 Å². The van der Waals surface area contributed by atoms with Gasteiger partial charge in [-0.1, -0.05) is 43.3 Å². The fourth-order valence-electron chi connectivity index (χ4n) is 2.92. The van der Waals surface area contributed by atoms with Gasteiger partial charge in [0, 0.05) is 30.6 Å². The second-order valence-electron chi connectivity index (χ2n) is 6.11. The Kier molecular flexibility index (Phi) is 8.85. The van der Waals surface area contributed by atoms with Gasteiger partial charge in [-0.3, -0.25) is 4.79 Å². The molecule has 6 heteroatoms. The van der Waals surface area contributed by atoms with Crippen LogP contribution >= 0.6 is 0 Å². The molecule has 0 unspecified atom stereocenters. The topological polar surface area (TPSA) is 54.0 Å². The minimum Gasteiger partial charge on any atom is -0.493 e. The second kappa shape index (κ2) is 11.1. The average Bonchev–Trinajstić information content (AvgIpc) is 2.72. The summed E-state index contributed by atoms with van der Waals surface area (Å²) in [5, 5.41) is 0.800. The van der Waals surface area contributed by atoms with Gasteiger partial charge < -0.3 is 18.0 Å². The van der Waals surface area contributed by atoms with E-state index in [1.807, 2.05) is 58.0 Å². The van der Waals surface area contributed by atoms with Crippen LogP contribution in [0.2, 0.25) is 0 Å². The molecule has 0 amide bonds. The Bertz CT molecular complexity index is 731. The number of benzene rings is 2. The highest BCUT2D eigenvalue weighted by Gasteiger charge is 2.43. The van der Waals surface area contributed by atoms with Crippen LogP contribution in [0.25, 0.3) is 0 Å². The Morgan fingerprint density at radius 2 is 1.46 bits per heavy atom. The van der Waals surface area contributed by atoms with E-state index < -0.39 is 8.80 Å². The molecule has 2 aromatic carbocycles. The van der Waals surface area contributed by atoms with Crippen LogP contribution in [0.4, 0.5) is 0 Å². The Hall–Kier alpha value is -1.99. The predicted octanol–water partition coefficient (Wildman–Crippen LogP) is 3.96. The van der Waals surface area contributed by atoms with Gasteiger partial charge in [0.2, 0.25) is 0 Å². The summed E-state index contributed by atoms with van der Waals surface area (Å²) < 4.78 is 23.9. The van der Waals surface area contributed by atoms with Crippen LogP contribution in [0.3, 0.4) is 0 Å². The minimum absolute atomic E-state index is 0.0743. The smallest absolute Gasteiger partial charge is 0.493 e. The van der Waals surface area contributed by atoms with Gasteiger partial charge in [0.05, 0.1) is 12.2 Å². The maximum absolute atomic E-state index is 13.0. The molecule has 0 bridgehead atoms. The lowest BCUT2D eigenvalue weighted by Gasteiger charge is -2.29. The maximum atomic E-state index is 13.0. The zero-order valence-corrected chi connectivity index (χ0v) is 18.2. The summed E-state index contributed by atoms with van der Waals surface area (Å²) >= 11 is 0. The van der Waals surface area contributed by atoms with E-state index in [1.54, 1.807) is 18.2 Å². The summed E-state index contributed by atoms with van der Waals surface area (Å²) in [6.45, 7) is 9.73. The fraction of sp³-hybridized carbons (Fsp3) is 0.409. The lowest BCUT2D eigenvalue weighted by atomic mass is 10.0. The molecule has 28 heavy (non-hydrogen) atoms. The standard InChI is InChI=1S/C22H30O5Si/c1-5-16-24-21-17-19(28(25-6-2,26-7-3)27-8-4)14-15-20(21)22(23)18-12-10-9-11-13-18/h9-15,17H,5-8,16H2,1-4H3. The monoisotopic (exact) mass is 402 g/mol. The Balaban J connectivity index is 2.51. The van der Waals surface area contributed by atoms with E-state index in [-0.39, 0.29) is 5.78 Å². The molecule has 0 aliphatic rings. The van der Waals surface area contributed by atoms with Crippen LogP contribution in [0.5, 0.6) is 5.75 Å². The molecule has 5 nitrogen and oxygen atoms in total. The van der Waals surface area contributed by atoms with Gasteiger partial charge in [-0.25, -0.2) is 0 Å². The molecule has 0 heterocycles. The summed E-state index contributed by atoms with van der Waals surface area (Å²) in [5.74, 6) is 0.457. The number of carbonyl (C=O) groups excluding carboxylic acids is 1. The lowest BCUT2D eigenvalue weighted by Crippen LogP contribution is -2.57. The van der Waals surface area contributed by atoms with E-state index in [0.717, 1.165) is 11.6 Å². The molecule has 0 spiro atoms. The Morgan fingerprint density at radius 1 is 0.857 bits per heavy atom. The summed E-state index contributed by atoms with van der Waals surface area (Å²) in [7, 11) is -3.07. The van der Waals surface area contributed by atoms with Gasteiger partial charge >= 0.3 is 8.80 Å². The third kappa shape index (κ3) is 5.29. The largest absolute Gasteiger partial charge is 0.537 e. The normalized spacial score (nSPS) is 11.4. The van der Waals surface area contributed by atoms with Crippen molar-refractivity contribution in [2.24, 2.45) is 0 Å². The van der Waals surface area contributed by atoms with Crippen molar-refractivity contribution in [3.63, 3.8) is 0 Å². The number of hydrogen-bond donors (Lipinski definition) is 0. The lowest BCUT2D eigenvalue weighted by molar-refractivity contribution is 0.0857. The zero-order chi connectivity index (χ0) is 20.4. The molecule has 152 valence electrons. The molecule has 2 aromatic rings. The fourth-order valence-corrected chi connectivity index (χ4v) is 5.41. The van der Waals surface area contributed by atoms with E-state index in [1.165, 1.54) is 0 Å². The highest BCUT2D eigenvalue weighted by molar-refractivity contribution is 6.75. The number of hydrogen-bond acceptors (Lipinski definition) is 5. The zero-order valence-electron chi connectivity index (χ0n) is 17.2. The summed E-state index contributed by atoms with van der Waals surface area (Å²) in [6.07, 6.45) is 0.841. The molecule has 0 saturated heterocycles. The van der Waals surface area contributed by atoms with Crippen LogP contribution < -0.4 is 9.92 Å². The maximum Gasteiger partial charge on any atom is 0.537 e. The van der Waals surface area contributed by atoms with E-state index >= 15 is 0 Å². The van der Waals surface area contributed by atoms with Crippen LogP contribution in [-0.4, -0.2) is 41.0 Å². The molecule has 0 N–H and O–H groups in total. The van der Waals surface area contributed by atoms with Gasteiger partial charge in [-0.15, -0.1) is 0 Å². The molecular weight excluding hydrogens is 372 g/mol. The first kappa shape index (κ1) is 22.3. The third-order valence-electron chi connectivity index (χ3n) is 4.08. The van der Waals surface area contributed by atoms with Crippen LogP contribution in [0, 0.1) is 0 Å². The van der Waals surface area contributed by atoms with Crippen molar-refractivity contribution in [2.45, 2.75) is 34.1 Å². The second-order valence-corrected chi connectivity index (χ2v) is 8.67. The van der Waals surface area contributed by atoms with Crippen molar-refractivity contribution < 1.29 is 22.8 Å². The molecule has 0 aromatic heterocycles. The van der Waals surface area contributed by atoms with Crippen molar-refractivity contribution in [2.75, 3.05) is 26.4 Å². The van der Waals surface area contributed by atoms with E-state index in [4.69, 9.17) is 18.0 Å². The molecule has 0 atom stereocenters. The number of ether oxygens (including phenoxy) is 1. The first-order valence-corrected chi connectivity index (χ1v) is 11.6. The van der Waals surface area contributed by atoms with E-state index in [2.05, 4.69) is 0 Å². The molecule has 0 fully saturated rings. The Morgan fingerprint density at radius 3 is 2.00 bits per heavy atom.